The second-order valence-corrected chi connectivity index (χ2v) is 4.24. The Balaban J connectivity index is 0.00000128. The second-order valence-electron chi connectivity index (χ2n) is 4.24. The largest absolute Gasteiger partial charge is 0.310 e. The fourth-order valence-electron chi connectivity index (χ4n) is 2.40. The second kappa shape index (κ2) is 5.46. The molecule has 0 aliphatic heterocycles. The maximum absolute atomic E-state index is 11.3. The molecule has 0 amide bonds. The third-order valence-corrected chi connectivity index (χ3v) is 3.47. The van der Waals surface area contributed by atoms with Crippen LogP contribution in [0.25, 0.3) is 0 Å². The summed E-state index contributed by atoms with van der Waals surface area (Å²) in [5, 5.41) is 3.40. The predicted octanol–water partition coefficient (Wildman–Crippen LogP) is 2.67. The van der Waals surface area contributed by atoms with E-state index in [2.05, 4.69) is 29.6 Å². The van der Waals surface area contributed by atoms with Gasteiger partial charge in [0.2, 0.25) is 0 Å². The quantitative estimate of drug-likeness (QED) is 0.860. The molecule has 3 heteroatoms. The van der Waals surface area contributed by atoms with Gasteiger partial charge >= 0.3 is 0 Å². The third kappa shape index (κ3) is 2.45. The molecule has 1 aliphatic rings. The van der Waals surface area contributed by atoms with Gasteiger partial charge in [-0.25, -0.2) is 0 Å². The van der Waals surface area contributed by atoms with Gasteiger partial charge in [0.05, 0.1) is 0 Å². The monoisotopic (exact) mass is 239 g/mol. The minimum atomic E-state index is 0. The highest BCUT2D eigenvalue weighted by molar-refractivity contribution is 5.85. The van der Waals surface area contributed by atoms with E-state index in [0.717, 1.165) is 12.8 Å². The Kier molecular flexibility index (Phi) is 4.51. The van der Waals surface area contributed by atoms with Gasteiger partial charge in [-0.2, -0.15) is 0 Å². The highest BCUT2D eigenvalue weighted by atomic mass is 35.5. The zero-order valence-corrected chi connectivity index (χ0v) is 10.3. The topological polar surface area (TPSA) is 29.1 Å². The molecule has 2 rings (SSSR count). The average molecular weight is 240 g/mol. The fraction of sp³-hybridized carbons (Fsp3) is 0.462. The number of halogens is 1. The maximum atomic E-state index is 11.3. The van der Waals surface area contributed by atoms with Crippen LogP contribution in [0, 0.1) is 0 Å². The lowest BCUT2D eigenvalue weighted by Gasteiger charge is -2.37. The number of carbonyl (C=O) groups is 1. The van der Waals surface area contributed by atoms with E-state index in [1.807, 2.05) is 13.1 Å². The smallest absolute Gasteiger partial charge is 0.133 e. The van der Waals surface area contributed by atoms with Gasteiger partial charge in [-0.15, -0.1) is 12.4 Å². The van der Waals surface area contributed by atoms with Gasteiger partial charge in [-0.3, -0.25) is 4.79 Å². The fourth-order valence-corrected chi connectivity index (χ4v) is 2.40. The van der Waals surface area contributed by atoms with E-state index in [-0.39, 0.29) is 17.9 Å². The van der Waals surface area contributed by atoms with Crippen LogP contribution in [0.5, 0.6) is 0 Å². The Labute approximate surface area is 103 Å². The van der Waals surface area contributed by atoms with Crippen molar-refractivity contribution in [2.75, 3.05) is 7.05 Å². The molecule has 1 fully saturated rings. The Morgan fingerprint density at radius 3 is 2.19 bits per heavy atom. The van der Waals surface area contributed by atoms with Crippen LogP contribution in [-0.4, -0.2) is 12.8 Å². The number of hydrogen-bond donors (Lipinski definition) is 1. The molecule has 16 heavy (non-hydrogen) atoms. The molecule has 1 N–H and O–H groups in total. The van der Waals surface area contributed by atoms with Crippen LogP contribution in [0.1, 0.15) is 31.2 Å². The molecule has 88 valence electrons. The molecule has 1 saturated carbocycles. The van der Waals surface area contributed by atoms with Crippen LogP contribution in [-0.2, 0) is 10.3 Å². The summed E-state index contributed by atoms with van der Waals surface area (Å²) in [7, 11) is 1.99. The van der Waals surface area contributed by atoms with Crippen LogP contribution in [0.2, 0.25) is 0 Å². The maximum Gasteiger partial charge on any atom is 0.133 e. The molecule has 0 bridgehead atoms. The van der Waals surface area contributed by atoms with Gasteiger partial charge in [-0.05, 0) is 25.5 Å². The number of hydrogen-bond acceptors (Lipinski definition) is 2. The molecule has 1 aliphatic carbocycles. The van der Waals surface area contributed by atoms with E-state index in [4.69, 9.17) is 0 Å². The predicted molar refractivity (Wildman–Crippen MR) is 67.9 cm³/mol. The molecule has 1 aromatic carbocycles. The highest BCUT2D eigenvalue weighted by Crippen LogP contribution is 2.35. The molecular formula is C13H18ClNO. The van der Waals surface area contributed by atoms with Gasteiger partial charge in [0.1, 0.15) is 5.78 Å². The minimum absolute atomic E-state index is 0. The van der Waals surface area contributed by atoms with Crippen molar-refractivity contribution in [1.82, 2.24) is 5.32 Å². The molecule has 0 heterocycles. The molecule has 0 unspecified atom stereocenters. The normalized spacial score (nSPS) is 18.9. The lowest BCUT2D eigenvalue weighted by Crippen LogP contribution is -2.43. The number of nitrogens with one attached hydrogen (secondary N) is 1. The van der Waals surface area contributed by atoms with Crippen molar-refractivity contribution in [3.05, 3.63) is 35.9 Å². The standard InChI is InChI=1S/C13H17NO.ClH/c1-14-13(9-7-12(15)8-10-13)11-5-3-2-4-6-11;/h2-6,14H,7-10H2,1H3;1H. The SMILES string of the molecule is CNC1(c2ccccc2)CCC(=O)CC1.Cl. The number of rotatable bonds is 2. The van der Waals surface area contributed by atoms with Crippen molar-refractivity contribution >= 4 is 18.2 Å². The summed E-state index contributed by atoms with van der Waals surface area (Å²) < 4.78 is 0. The van der Waals surface area contributed by atoms with Crippen LogP contribution in [0.4, 0.5) is 0 Å². The van der Waals surface area contributed by atoms with Crippen LogP contribution < -0.4 is 5.32 Å². The van der Waals surface area contributed by atoms with E-state index in [1.54, 1.807) is 0 Å². The molecule has 1 aromatic rings. The van der Waals surface area contributed by atoms with E-state index < -0.39 is 0 Å². The van der Waals surface area contributed by atoms with Crippen molar-refractivity contribution in [1.29, 1.82) is 0 Å². The third-order valence-electron chi connectivity index (χ3n) is 3.47. The Morgan fingerprint density at radius 1 is 1.12 bits per heavy atom. The summed E-state index contributed by atoms with van der Waals surface area (Å²) in [4.78, 5) is 11.3. The Morgan fingerprint density at radius 2 is 1.69 bits per heavy atom. The molecule has 0 aromatic heterocycles. The zero-order valence-electron chi connectivity index (χ0n) is 9.53. The van der Waals surface area contributed by atoms with Crippen LogP contribution in [0.15, 0.2) is 30.3 Å². The Bertz CT molecular complexity index is 340. The molecule has 0 radical (unpaired) electrons. The molecule has 0 spiro atoms. The number of ketones is 1. The van der Waals surface area contributed by atoms with Gasteiger partial charge < -0.3 is 5.32 Å². The van der Waals surface area contributed by atoms with Crippen LogP contribution >= 0.6 is 12.4 Å². The van der Waals surface area contributed by atoms with E-state index in [1.165, 1.54) is 5.56 Å². The first kappa shape index (κ1) is 13.2. The van der Waals surface area contributed by atoms with Crippen molar-refractivity contribution in [2.24, 2.45) is 0 Å². The lowest BCUT2D eigenvalue weighted by molar-refractivity contribution is -0.121. The summed E-state index contributed by atoms with van der Waals surface area (Å²) in [5.41, 5.74) is 1.33. The summed E-state index contributed by atoms with van der Waals surface area (Å²) in [6.07, 6.45) is 3.25. The number of Topliss-reactive ketones (excluding diaryl/α,β-unsaturated/α-hetero) is 1. The summed E-state index contributed by atoms with van der Waals surface area (Å²) >= 11 is 0. The van der Waals surface area contributed by atoms with Gasteiger partial charge in [0.15, 0.2) is 0 Å². The number of carbonyl (C=O) groups excluding carboxylic acids is 1. The zero-order chi connectivity index (χ0) is 10.7. The minimum Gasteiger partial charge on any atom is -0.310 e. The molecule has 2 nitrogen and oxygen atoms in total. The Hall–Kier alpha value is -0.860. The van der Waals surface area contributed by atoms with E-state index >= 15 is 0 Å². The van der Waals surface area contributed by atoms with Crippen molar-refractivity contribution in [2.45, 2.75) is 31.2 Å². The molecule has 0 atom stereocenters. The first-order chi connectivity index (χ1) is 7.27. The van der Waals surface area contributed by atoms with Gasteiger partial charge in [0.25, 0.3) is 0 Å². The first-order valence-electron chi connectivity index (χ1n) is 5.53. The number of benzene rings is 1. The first-order valence-corrected chi connectivity index (χ1v) is 5.53. The van der Waals surface area contributed by atoms with Gasteiger partial charge in [-0.1, -0.05) is 30.3 Å². The highest BCUT2D eigenvalue weighted by Gasteiger charge is 2.34. The lowest BCUT2D eigenvalue weighted by atomic mass is 9.76. The summed E-state index contributed by atoms with van der Waals surface area (Å²) in [5.74, 6) is 0.400. The van der Waals surface area contributed by atoms with Gasteiger partial charge in [0, 0.05) is 18.4 Å². The van der Waals surface area contributed by atoms with Crippen molar-refractivity contribution < 1.29 is 4.79 Å². The van der Waals surface area contributed by atoms with Crippen molar-refractivity contribution in [3.63, 3.8) is 0 Å². The van der Waals surface area contributed by atoms with E-state index in [0.29, 0.717) is 18.6 Å². The molecular weight excluding hydrogens is 222 g/mol. The molecule has 0 saturated heterocycles. The summed E-state index contributed by atoms with van der Waals surface area (Å²) in [6.45, 7) is 0. The average Bonchev–Trinajstić information content (AvgIpc) is 2.32. The summed E-state index contributed by atoms with van der Waals surface area (Å²) in [6, 6.07) is 10.4. The van der Waals surface area contributed by atoms with Crippen LogP contribution in [0.3, 0.4) is 0 Å². The van der Waals surface area contributed by atoms with Crippen molar-refractivity contribution in [3.8, 4) is 0 Å². The van der Waals surface area contributed by atoms with E-state index in [9.17, 15) is 4.79 Å².